The number of aliphatic hydroxyl groups is 8. The Morgan fingerprint density at radius 3 is 2.05 bits per heavy atom. The fourth-order valence-electron chi connectivity index (χ4n) is 12.4. The van der Waals surface area contributed by atoms with Crippen molar-refractivity contribution < 1.29 is 81.7 Å². The Hall–Kier alpha value is -0.910. The van der Waals surface area contributed by atoms with Gasteiger partial charge in [-0.15, -0.1) is 0 Å². The highest BCUT2D eigenvalue weighted by Gasteiger charge is 2.72. The van der Waals surface area contributed by atoms with Crippen molar-refractivity contribution in [2.24, 2.45) is 52.3 Å². The Kier molecular flexibility index (Phi) is 14.2. The molecule has 2 aliphatic heterocycles. The van der Waals surface area contributed by atoms with Gasteiger partial charge >= 0.3 is 10.4 Å². The number of allylic oxidation sites excluding steroid dienone is 2. The first-order valence-corrected chi connectivity index (χ1v) is 22.3. The third-order valence-electron chi connectivity index (χ3n) is 15.3. The number of rotatable bonds is 13. The molecule has 0 amide bonds. The molecule has 0 radical (unpaired) electrons. The van der Waals surface area contributed by atoms with Crippen molar-refractivity contribution in [3.63, 3.8) is 0 Å². The van der Waals surface area contributed by atoms with Crippen LogP contribution in [0.2, 0.25) is 0 Å². The number of aliphatic hydroxyl groups excluding tert-OH is 7. The van der Waals surface area contributed by atoms with Crippen molar-refractivity contribution in [2.75, 3.05) is 26.9 Å². The molecule has 58 heavy (non-hydrogen) atoms. The minimum atomic E-state index is -4.98. The highest BCUT2D eigenvalue weighted by Crippen LogP contribution is 2.70. The van der Waals surface area contributed by atoms with Gasteiger partial charge in [0.2, 0.25) is 0 Å². The first-order chi connectivity index (χ1) is 27.1. The summed E-state index contributed by atoms with van der Waals surface area (Å²) in [4.78, 5) is 0. The summed E-state index contributed by atoms with van der Waals surface area (Å²) in [7, 11) is -3.66. The summed E-state index contributed by atoms with van der Waals surface area (Å²) in [6, 6.07) is 0. The Morgan fingerprint density at radius 1 is 0.810 bits per heavy atom. The minimum Gasteiger partial charge on any atom is -0.393 e. The number of ether oxygens (including phenoxy) is 5. The molecule has 6 fully saturated rings. The van der Waals surface area contributed by atoms with Crippen LogP contribution < -0.4 is 0 Å². The Morgan fingerprint density at radius 2 is 1.43 bits per heavy atom. The average Bonchev–Trinajstić information content (AvgIpc) is 3.42. The predicted octanol–water partition coefficient (Wildman–Crippen LogP) is 0.288. The van der Waals surface area contributed by atoms with E-state index in [9.17, 15) is 53.8 Å². The molecule has 6 rings (SSSR count). The van der Waals surface area contributed by atoms with Crippen LogP contribution in [0, 0.1) is 52.3 Å². The van der Waals surface area contributed by atoms with Gasteiger partial charge < -0.3 is 64.5 Å². The quantitative estimate of drug-likeness (QED) is 0.0890. The molecule has 4 aliphatic carbocycles. The molecule has 4 saturated carbocycles. The van der Waals surface area contributed by atoms with E-state index in [0.29, 0.717) is 32.1 Å². The van der Waals surface area contributed by atoms with Gasteiger partial charge in [0, 0.05) is 25.4 Å². The molecule has 2 saturated heterocycles. The first-order valence-electron chi connectivity index (χ1n) is 20.9. The molecular weight excluding hydrogens is 784 g/mol. The van der Waals surface area contributed by atoms with Crippen LogP contribution in [0.3, 0.4) is 0 Å². The summed E-state index contributed by atoms with van der Waals surface area (Å²) >= 11 is 0. The lowest BCUT2D eigenvalue weighted by Crippen LogP contribution is -2.71. The first kappa shape index (κ1) is 46.6. The van der Waals surface area contributed by atoms with E-state index >= 15 is 0 Å². The van der Waals surface area contributed by atoms with Crippen LogP contribution in [0.25, 0.3) is 0 Å². The van der Waals surface area contributed by atoms with Gasteiger partial charge in [0.1, 0.15) is 36.6 Å². The van der Waals surface area contributed by atoms with Crippen molar-refractivity contribution in [2.45, 2.75) is 159 Å². The maximum atomic E-state index is 12.8. The smallest absolute Gasteiger partial charge is 0.393 e. The summed E-state index contributed by atoms with van der Waals surface area (Å²) in [6.45, 7) is 10.0. The van der Waals surface area contributed by atoms with Gasteiger partial charge in [-0.3, -0.25) is 4.55 Å². The van der Waals surface area contributed by atoms with Crippen LogP contribution in [0.1, 0.15) is 79.6 Å². The zero-order valence-electron chi connectivity index (χ0n) is 34.4. The third kappa shape index (κ3) is 8.70. The molecule has 21 atom stereocenters. The number of methoxy groups -OCH3 is 1. The molecule has 2 heterocycles. The van der Waals surface area contributed by atoms with Crippen LogP contribution >= 0.6 is 0 Å². The molecule has 0 spiro atoms. The monoisotopic (exact) mass is 852 g/mol. The van der Waals surface area contributed by atoms with Crippen LogP contribution in [-0.4, -0.2) is 160 Å². The number of hydrogen-bond donors (Lipinski definition) is 9. The average molecular weight is 853 g/mol. The van der Waals surface area contributed by atoms with E-state index in [1.807, 2.05) is 6.92 Å². The van der Waals surface area contributed by atoms with E-state index in [4.69, 9.17) is 27.9 Å². The van der Waals surface area contributed by atoms with Crippen LogP contribution in [0.5, 0.6) is 0 Å². The van der Waals surface area contributed by atoms with Crippen molar-refractivity contribution in [1.82, 2.24) is 0 Å². The Balaban J connectivity index is 1.14. The maximum Gasteiger partial charge on any atom is 0.397 e. The normalized spacial score (nSPS) is 49.7. The Labute approximate surface area is 341 Å². The lowest BCUT2D eigenvalue weighted by Gasteiger charge is -2.66. The minimum absolute atomic E-state index is 0.0357. The summed E-state index contributed by atoms with van der Waals surface area (Å²) in [5.74, 6) is -1.79. The fourth-order valence-corrected chi connectivity index (χ4v) is 12.9. The molecule has 6 aliphatic rings. The van der Waals surface area contributed by atoms with Crippen LogP contribution in [0.15, 0.2) is 12.2 Å². The number of fused-ring (bicyclic) bond motifs is 5. The van der Waals surface area contributed by atoms with E-state index in [0.717, 1.165) is 0 Å². The van der Waals surface area contributed by atoms with Gasteiger partial charge in [0.15, 0.2) is 12.6 Å². The summed E-state index contributed by atoms with van der Waals surface area (Å²) in [5, 5.41) is 88.0. The molecule has 0 aromatic carbocycles. The molecule has 0 bridgehead atoms. The van der Waals surface area contributed by atoms with E-state index in [-0.39, 0.29) is 56.3 Å². The van der Waals surface area contributed by atoms with E-state index in [2.05, 4.69) is 39.8 Å². The fraction of sp³-hybridized carbons (Fsp3) is 0.950. The van der Waals surface area contributed by atoms with Crippen molar-refractivity contribution in [3.8, 4) is 0 Å². The van der Waals surface area contributed by atoms with Crippen molar-refractivity contribution in [1.29, 1.82) is 0 Å². The molecule has 17 nitrogen and oxygen atoms in total. The van der Waals surface area contributed by atoms with Gasteiger partial charge in [0.25, 0.3) is 0 Å². The van der Waals surface area contributed by atoms with Crippen molar-refractivity contribution >= 4 is 10.4 Å². The second-order valence-electron chi connectivity index (χ2n) is 19.0. The zero-order valence-corrected chi connectivity index (χ0v) is 35.2. The van der Waals surface area contributed by atoms with E-state index < -0.39 is 118 Å². The lowest BCUT2D eigenvalue weighted by molar-refractivity contribution is -0.345. The second-order valence-corrected chi connectivity index (χ2v) is 20.0. The Bertz CT molecular complexity index is 1530. The van der Waals surface area contributed by atoms with Gasteiger partial charge in [-0.25, -0.2) is 4.18 Å². The lowest BCUT2D eigenvalue weighted by atomic mass is 9.41. The largest absolute Gasteiger partial charge is 0.397 e. The van der Waals surface area contributed by atoms with Crippen molar-refractivity contribution in [3.05, 3.63) is 12.2 Å². The van der Waals surface area contributed by atoms with Crippen LogP contribution in [0.4, 0.5) is 0 Å². The SMILES string of the molecule is CO[C@H]1[C@H](O[C@H]2[C@H](OCC[C@@H](/C=C/[C@@H](C)[C@H]3C[C@@H](O)C4[C@]5(O)C[C@H](OS(=O)(=O)O)C6[C@@H](O)[C@@H](O)CC[C@]6(C)C5CC[C@@]43C)C(C)C)OC[C@@H](O)[C@@H]2O)OC[C@@H](O)[C@@H]1O. The molecule has 336 valence electrons. The molecule has 18 heteroatoms. The highest BCUT2D eigenvalue weighted by molar-refractivity contribution is 7.80. The standard InChI is InChI=1S/C40H68O17S/c1-19(2)21(11-14-53-36-34(32(47)26(44)17-54-36)56-37-33(52-6)31(46)25(43)18-55-37)8-7-20(3)22-15-24(42)35-38(22,4)13-10-28-39(5)12-9-23(41)30(45)29(39)27(16-40(28,35)48)57-58(49,50)51/h7-8,19-37,41-48H,9-18H2,1-6H3,(H,49,50,51)/b8-7+/t20-,21-,22-,23+,24-,25-,26-,27+,28?,29?,30+,31+,32+,33-,34-,35?,36-,37+,38-,39-,40+/m1/s1. The maximum absolute atomic E-state index is 12.8. The van der Waals surface area contributed by atoms with Gasteiger partial charge in [0.05, 0.1) is 49.8 Å². The van der Waals surface area contributed by atoms with Gasteiger partial charge in [-0.05, 0) is 78.9 Å². The van der Waals surface area contributed by atoms with Gasteiger partial charge in [-0.1, -0.05) is 46.8 Å². The summed E-state index contributed by atoms with van der Waals surface area (Å²) in [5.41, 5.74) is -2.97. The summed E-state index contributed by atoms with van der Waals surface area (Å²) < 4.78 is 67.8. The second kappa shape index (κ2) is 17.7. The topological polar surface area (TPSA) is 272 Å². The molecular formula is C40H68O17S. The van der Waals surface area contributed by atoms with Crippen LogP contribution in [-0.2, 0) is 38.3 Å². The predicted molar refractivity (Wildman–Crippen MR) is 204 cm³/mol. The number of hydrogen-bond acceptors (Lipinski definition) is 16. The molecule has 3 unspecified atom stereocenters. The molecule has 0 aromatic heterocycles. The molecule has 0 aromatic rings. The molecule has 9 N–H and O–H groups in total. The van der Waals surface area contributed by atoms with E-state index in [1.54, 1.807) is 0 Å². The van der Waals surface area contributed by atoms with E-state index in [1.165, 1.54) is 7.11 Å². The highest BCUT2D eigenvalue weighted by atomic mass is 32.3. The summed E-state index contributed by atoms with van der Waals surface area (Å²) in [6.07, 6.45) is -7.43. The van der Waals surface area contributed by atoms with Gasteiger partial charge in [-0.2, -0.15) is 8.42 Å². The third-order valence-corrected chi connectivity index (χ3v) is 15.8. The zero-order chi connectivity index (χ0) is 42.7.